The normalized spacial score (nSPS) is 15.7. The molecule has 1 unspecified atom stereocenters. The molecule has 1 aromatic rings. The second-order valence-electron chi connectivity index (χ2n) is 4.48. The second-order valence-corrected chi connectivity index (χ2v) is 4.86. The predicted octanol–water partition coefficient (Wildman–Crippen LogP) is 2.90. The minimum Gasteiger partial charge on any atom is -0.489 e. The van der Waals surface area contributed by atoms with Crippen LogP contribution in [0.15, 0.2) is 6.07 Å². The fourth-order valence-electron chi connectivity index (χ4n) is 1.86. The minimum absolute atomic E-state index is 0.0531. The summed E-state index contributed by atoms with van der Waals surface area (Å²) in [6.45, 7) is 2.39. The second kappa shape index (κ2) is 5.65. The number of carbonyl (C=O) groups is 1. The van der Waals surface area contributed by atoms with Gasteiger partial charge in [-0.15, -0.1) is 0 Å². The molecular formula is C13H14ClFO4. The summed E-state index contributed by atoms with van der Waals surface area (Å²) in [5.41, 5.74) is 0.226. The van der Waals surface area contributed by atoms with Crippen molar-refractivity contribution in [1.82, 2.24) is 0 Å². The van der Waals surface area contributed by atoms with E-state index in [1.165, 1.54) is 13.0 Å². The summed E-state index contributed by atoms with van der Waals surface area (Å²) in [4.78, 5) is 10.8. The van der Waals surface area contributed by atoms with Crippen LogP contribution >= 0.6 is 11.6 Å². The summed E-state index contributed by atoms with van der Waals surface area (Å²) in [5, 5.41) is 8.73. The minimum atomic E-state index is -0.984. The molecule has 19 heavy (non-hydrogen) atoms. The Morgan fingerprint density at radius 2 is 2.21 bits per heavy atom. The van der Waals surface area contributed by atoms with Crippen LogP contribution in [0.5, 0.6) is 11.5 Å². The Labute approximate surface area is 115 Å². The Hall–Kier alpha value is -1.49. The maximum Gasteiger partial charge on any atom is 0.306 e. The lowest BCUT2D eigenvalue weighted by atomic mass is 10.0. The lowest BCUT2D eigenvalue weighted by Gasteiger charge is -2.14. The van der Waals surface area contributed by atoms with Crippen LogP contribution < -0.4 is 9.47 Å². The number of aliphatic carboxylic acids is 1. The number of ether oxygens (including phenoxy) is 2. The van der Waals surface area contributed by atoms with Crippen molar-refractivity contribution in [2.24, 2.45) is 5.92 Å². The molecule has 104 valence electrons. The highest BCUT2D eigenvalue weighted by molar-refractivity contribution is 6.32. The van der Waals surface area contributed by atoms with Gasteiger partial charge in [-0.2, -0.15) is 0 Å². The number of carboxylic acid groups (broad SMARTS) is 1. The van der Waals surface area contributed by atoms with E-state index >= 15 is 0 Å². The molecule has 0 amide bonds. The van der Waals surface area contributed by atoms with Gasteiger partial charge in [-0.25, -0.2) is 4.39 Å². The van der Waals surface area contributed by atoms with Gasteiger partial charge in [0, 0.05) is 6.42 Å². The Balaban J connectivity index is 2.37. The van der Waals surface area contributed by atoms with Gasteiger partial charge in [-0.3, -0.25) is 4.79 Å². The quantitative estimate of drug-likeness (QED) is 0.929. The molecule has 1 heterocycles. The molecule has 1 aromatic carbocycles. The van der Waals surface area contributed by atoms with Crippen LogP contribution in [0.1, 0.15) is 18.9 Å². The highest BCUT2D eigenvalue weighted by atomic mass is 35.5. The summed E-state index contributed by atoms with van der Waals surface area (Å²) >= 11 is 5.92. The summed E-state index contributed by atoms with van der Waals surface area (Å²) in [5.74, 6) is -1.75. The van der Waals surface area contributed by atoms with Crippen LogP contribution in [0.2, 0.25) is 5.02 Å². The van der Waals surface area contributed by atoms with Gasteiger partial charge >= 0.3 is 5.97 Å². The van der Waals surface area contributed by atoms with E-state index in [-0.39, 0.29) is 22.8 Å². The predicted molar refractivity (Wildman–Crippen MR) is 67.5 cm³/mol. The van der Waals surface area contributed by atoms with Gasteiger partial charge in [-0.1, -0.05) is 18.5 Å². The molecule has 0 bridgehead atoms. The molecule has 1 aliphatic rings. The first kappa shape index (κ1) is 13.9. The number of hydrogen-bond acceptors (Lipinski definition) is 3. The molecule has 0 fully saturated rings. The highest BCUT2D eigenvalue weighted by Gasteiger charge is 2.23. The molecule has 1 N–H and O–H groups in total. The fourth-order valence-corrected chi connectivity index (χ4v) is 2.13. The van der Waals surface area contributed by atoms with E-state index in [4.69, 9.17) is 26.2 Å². The van der Waals surface area contributed by atoms with Crippen molar-refractivity contribution in [3.05, 3.63) is 22.5 Å². The number of halogens is 2. The Morgan fingerprint density at radius 3 is 2.89 bits per heavy atom. The van der Waals surface area contributed by atoms with E-state index in [1.54, 1.807) is 0 Å². The van der Waals surface area contributed by atoms with E-state index < -0.39 is 17.7 Å². The van der Waals surface area contributed by atoms with Gasteiger partial charge in [0.05, 0.1) is 19.1 Å². The lowest BCUT2D eigenvalue weighted by Crippen LogP contribution is -2.13. The van der Waals surface area contributed by atoms with Crippen LogP contribution in [0, 0.1) is 11.7 Å². The topological polar surface area (TPSA) is 55.8 Å². The molecule has 0 spiro atoms. The molecule has 0 saturated heterocycles. The van der Waals surface area contributed by atoms with Crippen LogP contribution in [-0.4, -0.2) is 24.3 Å². The van der Waals surface area contributed by atoms with E-state index in [0.29, 0.717) is 25.4 Å². The van der Waals surface area contributed by atoms with Crippen LogP contribution in [0.4, 0.5) is 4.39 Å². The van der Waals surface area contributed by atoms with Gasteiger partial charge in [0.2, 0.25) is 0 Å². The molecule has 2 rings (SSSR count). The SMILES string of the molecule is CC(Cc1cc2c(c(Cl)c1F)OCCCO2)C(=O)O. The molecule has 0 radical (unpaired) electrons. The highest BCUT2D eigenvalue weighted by Crippen LogP contribution is 2.40. The first-order valence-electron chi connectivity index (χ1n) is 6.00. The fraction of sp³-hybridized carbons (Fsp3) is 0.462. The van der Waals surface area contributed by atoms with Crippen molar-refractivity contribution in [1.29, 1.82) is 0 Å². The zero-order valence-electron chi connectivity index (χ0n) is 10.4. The van der Waals surface area contributed by atoms with Crippen molar-refractivity contribution < 1.29 is 23.8 Å². The largest absolute Gasteiger partial charge is 0.489 e. The van der Waals surface area contributed by atoms with Gasteiger partial charge in [0.15, 0.2) is 11.5 Å². The summed E-state index contributed by atoms with van der Waals surface area (Å²) in [7, 11) is 0. The van der Waals surface area contributed by atoms with Crippen molar-refractivity contribution in [2.75, 3.05) is 13.2 Å². The third-order valence-corrected chi connectivity index (χ3v) is 3.28. The average Bonchev–Trinajstić information content (AvgIpc) is 2.60. The summed E-state index contributed by atoms with van der Waals surface area (Å²) in [6.07, 6.45) is 0.741. The Morgan fingerprint density at radius 1 is 1.53 bits per heavy atom. The Bertz CT molecular complexity index is 504. The molecule has 0 aliphatic carbocycles. The standard InChI is InChI=1S/C13H14ClFO4/c1-7(13(16)17)5-8-6-9-12(10(14)11(8)15)19-4-2-3-18-9/h6-7H,2-5H2,1H3,(H,16,17). The van der Waals surface area contributed by atoms with Crippen molar-refractivity contribution >= 4 is 17.6 Å². The maximum absolute atomic E-state index is 14.1. The first-order valence-corrected chi connectivity index (χ1v) is 6.37. The van der Waals surface area contributed by atoms with Gasteiger partial charge in [0.25, 0.3) is 0 Å². The number of fused-ring (bicyclic) bond motifs is 1. The number of hydrogen-bond donors (Lipinski definition) is 1. The Kier molecular flexibility index (Phi) is 4.14. The molecule has 0 saturated carbocycles. The smallest absolute Gasteiger partial charge is 0.306 e. The van der Waals surface area contributed by atoms with Crippen LogP contribution in [0.25, 0.3) is 0 Å². The molecule has 1 aliphatic heterocycles. The molecule has 6 heteroatoms. The van der Waals surface area contributed by atoms with E-state index in [0.717, 1.165) is 0 Å². The van der Waals surface area contributed by atoms with E-state index in [1.807, 2.05) is 0 Å². The van der Waals surface area contributed by atoms with Crippen molar-refractivity contribution in [2.45, 2.75) is 19.8 Å². The van der Waals surface area contributed by atoms with E-state index in [2.05, 4.69) is 0 Å². The third kappa shape index (κ3) is 2.92. The maximum atomic E-state index is 14.1. The number of rotatable bonds is 3. The average molecular weight is 289 g/mol. The van der Waals surface area contributed by atoms with E-state index in [9.17, 15) is 9.18 Å². The van der Waals surface area contributed by atoms with Crippen LogP contribution in [-0.2, 0) is 11.2 Å². The van der Waals surface area contributed by atoms with Crippen molar-refractivity contribution in [3.8, 4) is 11.5 Å². The zero-order valence-corrected chi connectivity index (χ0v) is 11.2. The molecular weight excluding hydrogens is 275 g/mol. The van der Waals surface area contributed by atoms with Gasteiger partial charge < -0.3 is 14.6 Å². The van der Waals surface area contributed by atoms with Gasteiger partial charge in [-0.05, 0) is 18.1 Å². The monoisotopic (exact) mass is 288 g/mol. The lowest BCUT2D eigenvalue weighted by molar-refractivity contribution is -0.141. The molecule has 4 nitrogen and oxygen atoms in total. The number of benzene rings is 1. The summed E-state index contributed by atoms with van der Waals surface area (Å²) < 4.78 is 24.9. The van der Waals surface area contributed by atoms with Crippen LogP contribution in [0.3, 0.4) is 0 Å². The van der Waals surface area contributed by atoms with Crippen molar-refractivity contribution in [3.63, 3.8) is 0 Å². The van der Waals surface area contributed by atoms with Gasteiger partial charge in [0.1, 0.15) is 10.8 Å². The summed E-state index contributed by atoms with van der Waals surface area (Å²) in [6, 6.07) is 1.47. The molecule has 0 aromatic heterocycles. The first-order chi connectivity index (χ1) is 9.00. The third-order valence-electron chi connectivity index (χ3n) is 2.94. The number of carboxylic acids is 1. The molecule has 1 atom stereocenters. The zero-order chi connectivity index (χ0) is 14.0.